The minimum Gasteiger partial charge on any atom is -0.465 e. The molecule has 2 rings (SSSR count). The van der Waals surface area contributed by atoms with Crippen LogP contribution in [0.2, 0.25) is 0 Å². The number of esters is 1. The van der Waals surface area contributed by atoms with E-state index in [1.54, 1.807) is 18.2 Å². The van der Waals surface area contributed by atoms with Gasteiger partial charge in [0.2, 0.25) is 5.91 Å². The fourth-order valence-corrected chi connectivity index (χ4v) is 2.55. The van der Waals surface area contributed by atoms with Gasteiger partial charge < -0.3 is 9.64 Å². The van der Waals surface area contributed by atoms with Crippen molar-refractivity contribution in [2.45, 2.75) is 11.8 Å². The third kappa shape index (κ3) is 2.52. The highest BCUT2D eigenvalue weighted by molar-refractivity contribution is 9.10. The Morgan fingerprint density at radius 3 is 2.83 bits per heavy atom. The van der Waals surface area contributed by atoms with Gasteiger partial charge >= 0.3 is 5.97 Å². The van der Waals surface area contributed by atoms with Crippen LogP contribution in [0.5, 0.6) is 0 Å². The Morgan fingerprint density at radius 2 is 2.28 bits per heavy atom. The summed E-state index contributed by atoms with van der Waals surface area (Å²) in [4.78, 5) is 25.1. The SMILES string of the molecule is COC(=O)c1cc(Br)ccc1N1CC(Cl)CC1=O. The van der Waals surface area contributed by atoms with Gasteiger partial charge in [0.25, 0.3) is 0 Å². The summed E-state index contributed by atoms with van der Waals surface area (Å²) < 4.78 is 5.47. The number of hydrogen-bond acceptors (Lipinski definition) is 3. The molecule has 0 aromatic heterocycles. The van der Waals surface area contributed by atoms with Crippen LogP contribution < -0.4 is 4.90 Å². The molecule has 0 spiro atoms. The lowest BCUT2D eigenvalue weighted by Crippen LogP contribution is -2.26. The van der Waals surface area contributed by atoms with Gasteiger partial charge in [-0.3, -0.25) is 4.79 Å². The molecular weight excluding hydrogens is 321 g/mol. The van der Waals surface area contributed by atoms with E-state index in [9.17, 15) is 9.59 Å². The van der Waals surface area contributed by atoms with Crippen LogP contribution in [0, 0.1) is 0 Å². The number of carbonyl (C=O) groups excluding carboxylic acids is 2. The van der Waals surface area contributed by atoms with E-state index >= 15 is 0 Å². The zero-order chi connectivity index (χ0) is 13.3. The van der Waals surface area contributed by atoms with Crippen LogP contribution in [-0.2, 0) is 9.53 Å². The molecule has 6 heteroatoms. The van der Waals surface area contributed by atoms with E-state index in [1.165, 1.54) is 12.0 Å². The number of ether oxygens (including phenoxy) is 1. The second kappa shape index (κ2) is 5.28. The molecule has 0 radical (unpaired) electrons. The van der Waals surface area contributed by atoms with Gasteiger partial charge in [-0.2, -0.15) is 0 Å². The molecule has 1 fully saturated rings. The molecule has 1 aliphatic heterocycles. The molecule has 1 atom stereocenters. The van der Waals surface area contributed by atoms with Crippen LogP contribution >= 0.6 is 27.5 Å². The molecule has 4 nitrogen and oxygen atoms in total. The molecule has 0 N–H and O–H groups in total. The summed E-state index contributed by atoms with van der Waals surface area (Å²) >= 11 is 9.25. The van der Waals surface area contributed by atoms with Gasteiger partial charge in [-0.05, 0) is 18.2 Å². The Hall–Kier alpha value is -1.07. The maximum Gasteiger partial charge on any atom is 0.340 e. The van der Waals surface area contributed by atoms with E-state index in [4.69, 9.17) is 16.3 Å². The molecule has 0 saturated carbocycles. The number of methoxy groups -OCH3 is 1. The predicted octanol–water partition coefficient (Wildman–Crippen LogP) is 2.58. The molecule has 18 heavy (non-hydrogen) atoms. The highest BCUT2D eigenvalue weighted by Crippen LogP contribution is 2.30. The topological polar surface area (TPSA) is 46.6 Å². The number of nitrogens with zero attached hydrogens (tertiary/aromatic N) is 1. The van der Waals surface area contributed by atoms with Crippen molar-refractivity contribution in [1.82, 2.24) is 0 Å². The fourth-order valence-electron chi connectivity index (χ4n) is 1.91. The molecule has 96 valence electrons. The van der Waals surface area contributed by atoms with Gasteiger partial charge in [0.1, 0.15) is 0 Å². The molecule has 1 saturated heterocycles. The van der Waals surface area contributed by atoms with Crippen molar-refractivity contribution in [3.05, 3.63) is 28.2 Å². The van der Waals surface area contributed by atoms with E-state index in [0.29, 0.717) is 17.8 Å². The highest BCUT2D eigenvalue weighted by atomic mass is 79.9. The van der Waals surface area contributed by atoms with Gasteiger partial charge in [-0.15, -0.1) is 11.6 Å². The minimum absolute atomic E-state index is 0.0810. The fraction of sp³-hybridized carbons (Fsp3) is 0.333. The minimum atomic E-state index is -0.475. The van der Waals surface area contributed by atoms with Crippen LogP contribution in [0.4, 0.5) is 5.69 Å². The molecular formula is C12H11BrClNO3. The van der Waals surface area contributed by atoms with Crippen molar-refractivity contribution in [1.29, 1.82) is 0 Å². The van der Waals surface area contributed by atoms with Crippen LogP contribution in [0.15, 0.2) is 22.7 Å². The molecule has 1 aromatic carbocycles. The zero-order valence-electron chi connectivity index (χ0n) is 9.65. The maximum absolute atomic E-state index is 11.8. The molecule has 1 aliphatic rings. The Labute approximate surface area is 118 Å². The molecule has 0 bridgehead atoms. The summed E-state index contributed by atoms with van der Waals surface area (Å²) in [5.41, 5.74) is 0.893. The Morgan fingerprint density at radius 1 is 1.56 bits per heavy atom. The first-order valence-electron chi connectivity index (χ1n) is 5.35. The first kappa shape index (κ1) is 13.4. The molecule has 1 amide bonds. The molecule has 1 heterocycles. The third-order valence-corrected chi connectivity index (χ3v) is 3.52. The van der Waals surface area contributed by atoms with Gasteiger partial charge in [0, 0.05) is 17.4 Å². The second-order valence-electron chi connectivity index (χ2n) is 3.96. The third-order valence-electron chi connectivity index (χ3n) is 2.73. The lowest BCUT2D eigenvalue weighted by Gasteiger charge is -2.19. The van der Waals surface area contributed by atoms with Gasteiger partial charge in [0.05, 0.1) is 23.7 Å². The number of rotatable bonds is 2. The molecule has 1 aromatic rings. The predicted molar refractivity (Wildman–Crippen MR) is 72.1 cm³/mol. The first-order valence-corrected chi connectivity index (χ1v) is 6.58. The van der Waals surface area contributed by atoms with Crippen molar-refractivity contribution in [3.8, 4) is 0 Å². The van der Waals surface area contributed by atoms with E-state index < -0.39 is 5.97 Å². The van der Waals surface area contributed by atoms with E-state index in [2.05, 4.69) is 15.9 Å². The Kier molecular flexibility index (Phi) is 3.92. The van der Waals surface area contributed by atoms with Gasteiger partial charge in [-0.1, -0.05) is 15.9 Å². The van der Waals surface area contributed by atoms with E-state index in [-0.39, 0.29) is 17.7 Å². The highest BCUT2D eigenvalue weighted by Gasteiger charge is 2.31. The monoisotopic (exact) mass is 331 g/mol. The average molecular weight is 333 g/mol. The Bertz CT molecular complexity index is 506. The number of carbonyl (C=O) groups is 2. The van der Waals surface area contributed by atoms with Crippen molar-refractivity contribution in [3.63, 3.8) is 0 Å². The summed E-state index contributed by atoms with van der Waals surface area (Å²) in [6, 6.07) is 5.12. The van der Waals surface area contributed by atoms with Crippen molar-refractivity contribution < 1.29 is 14.3 Å². The van der Waals surface area contributed by atoms with E-state index in [1.807, 2.05) is 0 Å². The van der Waals surface area contributed by atoms with Crippen LogP contribution in [0.3, 0.4) is 0 Å². The lowest BCUT2D eigenvalue weighted by molar-refractivity contribution is -0.117. The number of benzene rings is 1. The van der Waals surface area contributed by atoms with Crippen molar-refractivity contribution >= 4 is 45.1 Å². The number of amides is 1. The van der Waals surface area contributed by atoms with Crippen molar-refractivity contribution in [2.75, 3.05) is 18.6 Å². The van der Waals surface area contributed by atoms with Crippen molar-refractivity contribution in [2.24, 2.45) is 0 Å². The normalized spacial score (nSPS) is 19.2. The molecule has 0 aliphatic carbocycles. The first-order chi connectivity index (χ1) is 8.52. The Balaban J connectivity index is 2.44. The van der Waals surface area contributed by atoms with Crippen LogP contribution in [-0.4, -0.2) is 30.9 Å². The summed E-state index contributed by atoms with van der Waals surface area (Å²) in [5, 5.41) is -0.216. The zero-order valence-corrected chi connectivity index (χ0v) is 12.0. The van der Waals surface area contributed by atoms with E-state index in [0.717, 1.165) is 4.47 Å². The summed E-state index contributed by atoms with van der Waals surface area (Å²) in [7, 11) is 1.31. The number of alkyl halides is 1. The van der Waals surface area contributed by atoms with Gasteiger partial charge in [-0.25, -0.2) is 4.79 Å². The standard InChI is InChI=1S/C12H11BrClNO3/c1-18-12(17)9-4-7(13)2-3-10(9)15-6-8(14)5-11(15)16/h2-4,8H,5-6H2,1H3. The lowest BCUT2D eigenvalue weighted by atomic mass is 10.1. The largest absolute Gasteiger partial charge is 0.465 e. The van der Waals surface area contributed by atoms with Gasteiger partial charge in [0.15, 0.2) is 0 Å². The maximum atomic E-state index is 11.8. The number of hydrogen-bond donors (Lipinski definition) is 0. The second-order valence-corrected chi connectivity index (χ2v) is 5.49. The summed E-state index contributed by atoms with van der Waals surface area (Å²) in [5.74, 6) is -0.556. The summed E-state index contributed by atoms with van der Waals surface area (Å²) in [6.45, 7) is 0.409. The number of anilines is 1. The molecule has 1 unspecified atom stereocenters. The quantitative estimate of drug-likeness (QED) is 0.618. The van der Waals surface area contributed by atoms with Crippen LogP contribution in [0.25, 0.3) is 0 Å². The average Bonchev–Trinajstić information content (AvgIpc) is 2.67. The smallest absolute Gasteiger partial charge is 0.340 e. The number of halogens is 2. The van der Waals surface area contributed by atoms with Crippen LogP contribution in [0.1, 0.15) is 16.8 Å². The summed E-state index contributed by atoms with van der Waals surface area (Å²) in [6.07, 6.45) is 0.290.